The quantitative estimate of drug-likeness (QED) is 0.138. The molecule has 8 fully saturated rings. The first-order valence-corrected chi connectivity index (χ1v) is 29.7. The van der Waals surface area contributed by atoms with Crippen LogP contribution in [0.2, 0.25) is 37.3 Å². The van der Waals surface area contributed by atoms with Crippen molar-refractivity contribution in [3.63, 3.8) is 0 Å². The maximum absolute atomic E-state index is 5.65. The third-order valence-corrected chi connectivity index (χ3v) is 24.8. The predicted molar refractivity (Wildman–Crippen MR) is 266 cm³/mol. The van der Waals surface area contributed by atoms with E-state index in [2.05, 4.69) is 53.5 Å². The van der Waals surface area contributed by atoms with Crippen molar-refractivity contribution >= 4 is 16.5 Å². The Hall–Kier alpha value is 1.26. The molecule has 0 aliphatic heterocycles. The molecule has 13 unspecified atom stereocenters. The van der Waals surface area contributed by atoms with Crippen LogP contribution in [0.15, 0.2) is 24.8 Å². The number of fused-ring (bicyclic) bond motifs is 4. The molecule has 0 amide bonds. The van der Waals surface area contributed by atoms with E-state index in [1.807, 2.05) is 19.1 Å². The topological polar surface area (TPSA) is 28.2 Å². The van der Waals surface area contributed by atoms with E-state index in [1.165, 1.54) is 83.5 Å². The van der Waals surface area contributed by atoms with Crippen LogP contribution in [0.1, 0.15) is 163 Å². The molecule has 8 aliphatic carbocycles. The molecule has 8 aliphatic rings. The molecule has 6 heteroatoms. The third-order valence-electron chi connectivity index (χ3n) is 17.7. The van der Waals surface area contributed by atoms with Crippen LogP contribution in [0.25, 0.3) is 9.96 Å². The van der Waals surface area contributed by atoms with Crippen LogP contribution in [0.4, 0.5) is 0 Å². The second kappa shape index (κ2) is 28.3. The average molecular weight is 918 g/mol. The van der Waals surface area contributed by atoms with Crippen molar-refractivity contribution in [3.05, 3.63) is 71.9 Å². The summed E-state index contributed by atoms with van der Waals surface area (Å²) in [5.41, 5.74) is 1.98. The molecule has 339 valence electrons. The van der Waals surface area contributed by atoms with Crippen LogP contribution in [0, 0.1) is 102 Å². The number of hydrogen-bond acceptors (Lipinski definition) is 0. The molecule has 0 aromatic rings. The van der Waals surface area contributed by atoms with Gasteiger partial charge in [0, 0.05) is 0 Å². The maximum Gasteiger partial charge on any atom is 4.00 e. The molecular weight excluding hydrogens is 817 g/mol. The molecular formula is C53H101N2Si2Ti2. The standard InChI is InChI=1S/C22H40NSi.C21H38NSi.C5H8.5CH3.2Ti/c1-15-16(2)22(24(3,4)23-19-11-6-5-7-12-19)21-14-18-10-8-9-17(18)13-20(15)21;1-15-12-21(23(2,3)22-18-10-5-4-6-11-18)20-14-17-9-7-8-16(17)13-19(15)20;1-3-5-4-2;;;;;;;/h15-22H,5-14H2,1-4H3;15-21H,4-14H2,1-3H3;3-5H,1H2,2H3;5*1H3;;/q2*-1;;5*-1;+3;+4/b;;5-4+;;;;;;;. The van der Waals surface area contributed by atoms with Gasteiger partial charge in [0.05, 0.1) is 0 Å². The van der Waals surface area contributed by atoms with Crippen molar-refractivity contribution in [2.24, 2.45) is 65.1 Å². The zero-order valence-corrected chi connectivity index (χ0v) is 47.0. The monoisotopic (exact) mass is 918 g/mol. The van der Waals surface area contributed by atoms with Gasteiger partial charge in [0.2, 0.25) is 0 Å². The number of nitrogens with zero attached hydrogens (tertiary/aromatic N) is 2. The van der Waals surface area contributed by atoms with Crippen LogP contribution in [0.3, 0.4) is 0 Å². The Bertz CT molecular complexity index is 1150. The van der Waals surface area contributed by atoms with Gasteiger partial charge in [-0.2, -0.15) is 0 Å². The summed E-state index contributed by atoms with van der Waals surface area (Å²) in [7, 11) is -2.92. The Morgan fingerprint density at radius 1 is 0.492 bits per heavy atom. The molecule has 59 heavy (non-hydrogen) atoms. The normalized spacial score (nSPS) is 37.3. The van der Waals surface area contributed by atoms with Crippen LogP contribution >= 0.6 is 0 Å². The van der Waals surface area contributed by atoms with Crippen LogP contribution in [-0.2, 0) is 43.4 Å². The molecule has 13 atom stereocenters. The summed E-state index contributed by atoms with van der Waals surface area (Å²) < 4.78 is 0. The smallest absolute Gasteiger partial charge is 0.662 e. The van der Waals surface area contributed by atoms with Gasteiger partial charge in [0.1, 0.15) is 0 Å². The van der Waals surface area contributed by atoms with Gasteiger partial charge in [-0.25, -0.2) is 0 Å². The summed E-state index contributed by atoms with van der Waals surface area (Å²) in [6, 6.07) is 1.47. The van der Waals surface area contributed by atoms with Gasteiger partial charge >= 0.3 is 43.4 Å². The van der Waals surface area contributed by atoms with E-state index in [9.17, 15) is 0 Å². The minimum Gasteiger partial charge on any atom is -0.662 e. The van der Waals surface area contributed by atoms with Gasteiger partial charge < -0.3 is 47.1 Å². The van der Waals surface area contributed by atoms with E-state index in [-0.39, 0.29) is 80.6 Å². The number of allylic oxidation sites excluding steroid dienone is 3. The summed E-state index contributed by atoms with van der Waals surface area (Å²) in [4.78, 5) is 11.2. The van der Waals surface area contributed by atoms with Gasteiger partial charge in [0.15, 0.2) is 0 Å². The summed E-state index contributed by atoms with van der Waals surface area (Å²) in [6.45, 7) is 23.7. The summed E-state index contributed by atoms with van der Waals surface area (Å²) in [6.07, 6.45) is 36.9. The van der Waals surface area contributed by atoms with E-state index < -0.39 is 16.5 Å². The van der Waals surface area contributed by atoms with Crippen molar-refractivity contribution in [2.75, 3.05) is 0 Å². The Labute approximate surface area is 405 Å². The zero-order chi connectivity index (χ0) is 37.0. The molecule has 0 saturated heterocycles. The molecule has 0 aromatic carbocycles. The Morgan fingerprint density at radius 3 is 1.32 bits per heavy atom. The SMILES string of the molecule is C=C/C=C/C.CC1C(C)C([Si](C)(C)[N-]C2CCCCC2)C2CC3CCCC3CC12.CC1CC([Si](C)(C)[N-]C2CCCCC2)C2CC3CCCC3CC12.[CH3-].[CH3-].[CH3-].[CH3-].[CH3-].[Ti+3].[Ti+4]. The largest absolute Gasteiger partial charge is 4.00 e. The minimum absolute atomic E-state index is 0. The van der Waals surface area contributed by atoms with E-state index in [0.29, 0.717) is 0 Å². The van der Waals surface area contributed by atoms with E-state index in [0.717, 1.165) is 88.3 Å². The van der Waals surface area contributed by atoms with Gasteiger partial charge in [-0.1, -0.05) is 208 Å². The molecule has 0 aromatic heterocycles. The van der Waals surface area contributed by atoms with Gasteiger partial charge in [-0.15, -0.1) is 12.1 Å². The van der Waals surface area contributed by atoms with Gasteiger partial charge in [-0.3, -0.25) is 0 Å². The molecule has 8 saturated carbocycles. The second-order valence-corrected chi connectivity index (χ2v) is 30.0. The zero-order valence-electron chi connectivity index (χ0n) is 41.8. The fraction of sp³-hybridized carbons (Fsp3) is 0.830. The molecule has 0 spiro atoms. The number of rotatable bonds is 7. The minimum atomic E-state index is -1.49. The van der Waals surface area contributed by atoms with Crippen molar-refractivity contribution in [1.29, 1.82) is 0 Å². The van der Waals surface area contributed by atoms with Crippen molar-refractivity contribution < 1.29 is 43.4 Å². The maximum atomic E-state index is 5.65. The van der Waals surface area contributed by atoms with Crippen molar-refractivity contribution in [1.82, 2.24) is 0 Å². The van der Waals surface area contributed by atoms with Crippen molar-refractivity contribution in [3.8, 4) is 0 Å². The fourth-order valence-corrected chi connectivity index (χ4v) is 23.4. The summed E-state index contributed by atoms with van der Waals surface area (Å²) in [5.74, 6) is 11.4. The molecule has 1 radical (unpaired) electrons. The molecule has 8 rings (SSSR count). The Kier molecular flexibility index (Phi) is 29.9. The Morgan fingerprint density at radius 2 is 0.898 bits per heavy atom. The number of hydrogen-bond donors (Lipinski definition) is 0. The molecule has 2 nitrogen and oxygen atoms in total. The van der Waals surface area contributed by atoms with Crippen LogP contribution in [0.5, 0.6) is 0 Å². The van der Waals surface area contributed by atoms with Gasteiger partial charge in [-0.05, 0) is 97.7 Å². The summed E-state index contributed by atoms with van der Waals surface area (Å²) in [5, 5.41) is 0. The third kappa shape index (κ3) is 15.1. The predicted octanol–water partition coefficient (Wildman–Crippen LogP) is 17.7. The average Bonchev–Trinajstić information content (AvgIpc) is 3.90. The molecule has 0 bridgehead atoms. The van der Waals surface area contributed by atoms with Crippen LogP contribution in [-0.4, -0.2) is 28.6 Å². The second-order valence-electron chi connectivity index (χ2n) is 21.5. The van der Waals surface area contributed by atoms with Crippen molar-refractivity contribution in [2.45, 2.75) is 212 Å². The van der Waals surface area contributed by atoms with E-state index in [4.69, 9.17) is 9.96 Å². The van der Waals surface area contributed by atoms with Crippen LogP contribution < -0.4 is 0 Å². The Balaban J connectivity index is 0. The first-order chi connectivity index (χ1) is 24.9. The fourth-order valence-electron chi connectivity index (χ4n) is 15.2. The molecule has 0 N–H and O–H groups in total. The van der Waals surface area contributed by atoms with Gasteiger partial charge in [0.25, 0.3) is 0 Å². The van der Waals surface area contributed by atoms with E-state index >= 15 is 0 Å². The molecule has 0 heterocycles. The first-order valence-electron chi connectivity index (χ1n) is 23.6. The van der Waals surface area contributed by atoms with E-state index in [1.54, 1.807) is 57.4 Å². The summed E-state index contributed by atoms with van der Waals surface area (Å²) >= 11 is 0. The first kappa shape index (κ1) is 62.3.